The first-order chi connectivity index (χ1) is 12.8. The van der Waals surface area contributed by atoms with Crippen molar-refractivity contribution >= 4 is 27.4 Å². The fraction of sp³-hybridized carbons (Fsp3) is 0.200. The van der Waals surface area contributed by atoms with Gasteiger partial charge in [0.2, 0.25) is 0 Å². The van der Waals surface area contributed by atoms with Crippen LogP contribution < -0.4 is 5.32 Å². The molecule has 0 aliphatic carbocycles. The van der Waals surface area contributed by atoms with Crippen LogP contribution in [-0.4, -0.2) is 17.1 Å². The molecule has 3 aromatic heterocycles. The van der Waals surface area contributed by atoms with Crippen molar-refractivity contribution in [3.05, 3.63) is 65.7 Å². The molecule has 0 saturated carbocycles. The summed E-state index contributed by atoms with van der Waals surface area (Å²) >= 11 is 1.62. The van der Waals surface area contributed by atoms with Gasteiger partial charge in [0.1, 0.15) is 23.0 Å². The standard InChI is InChI=1S/C20H19N3O2S/c1-13(16-9-6-10-25-16)21-19-18-15(14-7-4-3-5-8-14)12-26-20(18)23-17(22-19)11-24-2/h3-10,12-13H,11H2,1-2H3,(H,21,22,23). The predicted octanol–water partition coefficient (Wildman–Crippen LogP) is 5.27. The second kappa shape index (κ2) is 7.27. The van der Waals surface area contributed by atoms with E-state index in [0.29, 0.717) is 12.4 Å². The first-order valence-electron chi connectivity index (χ1n) is 8.38. The molecule has 6 heteroatoms. The molecule has 0 amide bonds. The number of benzene rings is 1. The maximum atomic E-state index is 5.53. The van der Waals surface area contributed by atoms with Crippen molar-refractivity contribution in [3.8, 4) is 11.1 Å². The number of anilines is 1. The highest BCUT2D eigenvalue weighted by Gasteiger charge is 2.18. The molecule has 5 nitrogen and oxygen atoms in total. The van der Waals surface area contributed by atoms with Crippen LogP contribution in [0.15, 0.2) is 58.5 Å². The highest BCUT2D eigenvalue weighted by Crippen LogP contribution is 2.38. The molecule has 4 aromatic rings. The van der Waals surface area contributed by atoms with Crippen LogP contribution in [0.5, 0.6) is 0 Å². The Hall–Kier alpha value is -2.70. The van der Waals surface area contributed by atoms with Gasteiger partial charge in [0.05, 0.1) is 17.7 Å². The van der Waals surface area contributed by atoms with Crippen LogP contribution in [0.1, 0.15) is 24.6 Å². The number of rotatable bonds is 6. The summed E-state index contributed by atoms with van der Waals surface area (Å²) in [5.74, 6) is 2.32. The molecular weight excluding hydrogens is 346 g/mol. The molecule has 26 heavy (non-hydrogen) atoms. The van der Waals surface area contributed by atoms with Crippen LogP contribution in [0.4, 0.5) is 5.82 Å². The van der Waals surface area contributed by atoms with Gasteiger partial charge in [-0.25, -0.2) is 9.97 Å². The lowest BCUT2D eigenvalue weighted by Crippen LogP contribution is -2.09. The summed E-state index contributed by atoms with van der Waals surface area (Å²) in [5.41, 5.74) is 2.28. The molecule has 1 aromatic carbocycles. The van der Waals surface area contributed by atoms with Crippen LogP contribution in [0, 0.1) is 0 Å². The van der Waals surface area contributed by atoms with E-state index in [1.165, 1.54) is 0 Å². The Morgan fingerprint density at radius 2 is 2.00 bits per heavy atom. The molecule has 1 N–H and O–H groups in total. The van der Waals surface area contributed by atoms with E-state index in [2.05, 4.69) is 34.7 Å². The van der Waals surface area contributed by atoms with E-state index in [9.17, 15) is 0 Å². The molecular formula is C20H19N3O2S. The number of ether oxygens (including phenoxy) is 1. The van der Waals surface area contributed by atoms with Gasteiger partial charge in [0.25, 0.3) is 0 Å². The van der Waals surface area contributed by atoms with E-state index in [1.54, 1.807) is 24.7 Å². The first kappa shape index (κ1) is 16.8. The molecule has 1 unspecified atom stereocenters. The fourth-order valence-electron chi connectivity index (χ4n) is 2.93. The van der Waals surface area contributed by atoms with Crippen molar-refractivity contribution in [1.29, 1.82) is 0 Å². The van der Waals surface area contributed by atoms with E-state index in [-0.39, 0.29) is 6.04 Å². The number of fused-ring (bicyclic) bond motifs is 1. The summed E-state index contributed by atoms with van der Waals surface area (Å²) < 4.78 is 10.8. The summed E-state index contributed by atoms with van der Waals surface area (Å²) in [6, 6.07) is 14.1. The third-order valence-corrected chi connectivity index (χ3v) is 5.03. The van der Waals surface area contributed by atoms with Gasteiger partial charge in [-0.3, -0.25) is 0 Å². The van der Waals surface area contributed by atoms with Gasteiger partial charge in [-0.2, -0.15) is 0 Å². The quantitative estimate of drug-likeness (QED) is 0.504. The van der Waals surface area contributed by atoms with E-state index in [1.807, 2.05) is 30.3 Å². The summed E-state index contributed by atoms with van der Waals surface area (Å²) in [6.07, 6.45) is 1.68. The van der Waals surface area contributed by atoms with E-state index in [0.717, 1.165) is 32.9 Å². The molecule has 1 atom stereocenters. The molecule has 132 valence electrons. The summed E-state index contributed by atoms with van der Waals surface area (Å²) in [6.45, 7) is 2.43. The van der Waals surface area contributed by atoms with Crippen molar-refractivity contribution in [2.45, 2.75) is 19.6 Å². The zero-order valence-electron chi connectivity index (χ0n) is 14.6. The third-order valence-electron chi connectivity index (χ3n) is 4.16. The van der Waals surface area contributed by atoms with E-state index >= 15 is 0 Å². The van der Waals surface area contributed by atoms with Crippen LogP contribution in [0.2, 0.25) is 0 Å². The van der Waals surface area contributed by atoms with Crippen molar-refractivity contribution in [2.75, 3.05) is 12.4 Å². The van der Waals surface area contributed by atoms with Gasteiger partial charge < -0.3 is 14.5 Å². The number of furan rings is 1. The Kier molecular flexibility index (Phi) is 4.69. The van der Waals surface area contributed by atoms with Crippen LogP contribution in [0.3, 0.4) is 0 Å². The lowest BCUT2D eigenvalue weighted by atomic mass is 10.1. The van der Waals surface area contributed by atoms with Gasteiger partial charge in [0.15, 0.2) is 5.82 Å². The summed E-state index contributed by atoms with van der Waals surface area (Å²) in [5, 5.41) is 6.65. The number of methoxy groups -OCH3 is 1. The highest BCUT2D eigenvalue weighted by molar-refractivity contribution is 7.17. The summed E-state index contributed by atoms with van der Waals surface area (Å²) in [7, 11) is 1.65. The normalized spacial score (nSPS) is 12.4. The average Bonchev–Trinajstić information content (AvgIpc) is 3.33. The lowest BCUT2D eigenvalue weighted by Gasteiger charge is -2.15. The van der Waals surface area contributed by atoms with E-state index < -0.39 is 0 Å². The lowest BCUT2D eigenvalue weighted by molar-refractivity contribution is 0.178. The Balaban J connectivity index is 1.83. The van der Waals surface area contributed by atoms with Crippen molar-refractivity contribution in [1.82, 2.24) is 9.97 Å². The molecule has 0 aliphatic heterocycles. The Morgan fingerprint density at radius 3 is 2.73 bits per heavy atom. The number of aromatic nitrogens is 2. The van der Waals surface area contributed by atoms with Gasteiger partial charge >= 0.3 is 0 Å². The van der Waals surface area contributed by atoms with Gasteiger partial charge in [-0.15, -0.1) is 11.3 Å². The van der Waals surface area contributed by atoms with Crippen LogP contribution in [-0.2, 0) is 11.3 Å². The topological polar surface area (TPSA) is 60.2 Å². The maximum Gasteiger partial charge on any atom is 0.158 e. The molecule has 0 saturated heterocycles. The number of nitrogens with zero attached hydrogens (tertiary/aromatic N) is 2. The van der Waals surface area contributed by atoms with Gasteiger partial charge in [-0.1, -0.05) is 30.3 Å². The minimum atomic E-state index is -0.0120. The molecule has 0 spiro atoms. The minimum Gasteiger partial charge on any atom is -0.467 e. The van der Waals surface area contributed by atoms with Crippen LogP contribution in [0.25, 0.3) is 21.3 Å². The predicted molar refractivity (Wildman–Crippen MR) is 104 cm³/mol. The minimum absolute atomic E-state index is 0.0120. The Labute approximate surface area is 155 Å². The Morgan fingerprint density at radius 1 is 1.15 bits per heavy atom. The number of nitrogens with one attached hydrogen (secondary N) is 1. The number of hydrogen-bond acceptors (Lipinski definition) is 6. The van der Waals surface area contributed by atoms with Crippen molar-refractivity contribution in [2.24, 2.45) is 0 Å². The molecule has 4 rings (SSSR count). The second-order valence-corrected chi connectivity index (χ2v) is 6.86. The van der Waals surface area contributed by atoms with Gasteiger partial charge in [0, 0.05) is 18.1 Å². The van der Waals surface area contributed by atoms with E-state index in [4.69, 9.17) is 14.1 Å². The maximum absolute atomic E-state index is 5.53. The molecule has 0 radical (unpaired) electrons. The number of thiophene rings is 1. The smallest absolute Gasteiger partial charge is 0.158 e. The molecule has 0 bridgehead atoms. The number of hydrogen-bond donors (Lipinski definition) is 1. The highest BCUT2D eigenvalue weighted by atomic mass is 32.1. The molecule has 0 aliphatic rings. The monoisotopic (exact) mass is 365 g/mol. The third kappa shape index (κ3) is 3.21. The second-order valence-electron chi connectivity index (χ2n) is 6.00. The molecule has 3 heterocycles. The largest absolute Gasteiger partial charge is 0.467 e. The van der Waals surface area contributed by atoms with Crippen molar-refractivity contribution in [3.63, 3.8) is 0 Å². The molecule has 0 fully saturated rings. The SMILES string of the molecule is COCc1nc(NC(C)c2ccco2)c2c(-c3ccccc3)csc2n1. The zero-order valence-corrected chi connectivity index (χ0v) is 15.4. The average molecular weight is 365 g/mol. The summed E-state index contributed by atoms with van der Waals surface area (Å²) in [4.78, 5) is 10.3. The Bertz CT molecular complexity index is 997. The zero-order chi connectivity index (χ0) is 17.9. The first-order valence-corrected chi connectivity index (χ1v) is 9.26. The van der Waals surface area contributed by atoms with Crippen LogP contribution >= 0.6 is 11.3 Å². The van der Waals surface area contributed by atoms with Crippen molar-refractivity contribution < 1.29 is 9.15 Å². The fourth-order valence-corrected chi connectivity index (χ4v) is 3.89. The van der Waals surface area contributed by atoms with Gasteiger partial charge in [-0.05, 0) is 24.6 Å².